The van der Waals surface area contributed by atoms with Gasteiger partial charge in [0.15, 0.2) is 5.78 Å². The second kappa shape index (κ2) is 5.06. The van der Waals surface area contributed by atoms with Crippen molar-refractivity contribution in [3.05, 3.63) is 35.6 Å². The third-order valence-corrected chi connectivity index (χ3v) is 4.43. The Morgan fingerprint density at radius 3 is 2.19 bits per heavy atom. The van der Waals surface area contributed by atoms with Crippen molar-refractivity contribution in [3.8, 4) is 0 Å². The van der Waals surface area contributed by atoms with Crippen LogP contribution < -0.4 is 0 Å². The molecule has 2 atom stereocenters. The molecule has 4 nitrogen and oxygen atoms in total. The summed E-state index contributed by atoms with van der Waals surface area (Å²) in [5, 5.41) is 0. The van der Waals surface area contributed by atoms with Gasteiger partial charge in [0.25, 0.3) is 0 Å². The Morgan fingerprint density at radius 2 is 1.67 bits per heavy atom. The SMILES string of the molecule is CC1CC2C(=O)N(CC(=O)c3ccc(F)cc3)C(=O)C2C1. The Labute approximate surface area is 121 Å². The van der Waals surface area contributed by atoms with Crippen LogP contribution in [0.15, 0.2) is 24.3 Å². The van der Waals surface area contributed by atoms with E-state index in [2.05, 4.69) is 0 Å². The van der Waals surface area contributed by atoms with Gasteiger partial charge in [0, 0.05) is 5.56 Å². The molecule has 2 unspecified atom stereocenters. The van der Waals surface area contributed by atoms with Gasteiger partial charge in [-0.3, -0.25) is 19.3 Å². The Balaban J connectivity index is 1.74. The average Bonchev–Trinajstić information content (AvgIpc) is 2.93. The van der Waals surface area contributed by atoms with Crippen LogP contribution in [0.3, 0.4) is 0 Å². The minimum Gasteiger partial charge on any atom is -0.292 e. The second-order valence-corrected chi connectivity index (χ2v) is 5.98. The van der Waals surface area contributed by atoms with Crippen molar-refractivity contribution in [2.45, 2.75) is 19.8 Å². The number of rotatable bonds is 3. The molecule has 110 valence electrons. The van der Waals surface area contributed by atoms with E-state index in [1.54, 1.807) is 0 Å². The van der Waals surface area contributed by atoms with Gasteiger partial charge in [-0.1, -0.05) is 6.92 Å². The van der Waals surface area contributed by atoms with Crippen LogP contribution in [0.25, 0.3) is 0 Å². The summed E-state index contributed by atoms with van der Waals surface area (Å²) in [5.74, 6) is -1.37. The predicted molar refractivity (Wildman–Crippen MR) is 72.8 cm³/mol. The Morgan fingerprint density at radius 1 is 1.14 bits per heavy atom. The van der Waals surface area contributed by atoms with Crippen molar-refractivity contribution in [1.29, 1.82) is 0 Å². The van der Waals surface area contributed by atoms with E-state index in [-0.39, 0.29) is 36.0 Å². The zero-order chi connectivity index (χ0) is 15.1. The fourth-order valence-electron chi connectivity index (χ4n) is 3.37. The standard InChI is InChI=1S/C16H16FNO3/c1-9-6-12-13(7-9)16(21)18(15(12)20)8-14(19)10-2-4-11(17)5-3-10/h2-5,9,12-13H,6-8H2,1H3. The predicted octanol–water partition coefficient (Wildman–Crippen LogP) is 2.04. The highest BCUT2D eigenvalue weighted by Crippen LogP contribution is 2.42. The van der Waals surface area contributed by atoms with Crippen molar-refractivity contribution in [3.63, 3.8) is 0 Å². The minimum atomic E-state index is -0.427. The first-order chi connectivity index (χ1) is 9.97. The van der Waals surface area contributed by atoms with Crippen LogP contribution in [0.2, 0.25) is 0 Å². The van der Waals surface area contributed by atoms with Gasteiger partial charge >= 0.3 is 0 Å². The molecule has 2 aliphatic rings. The van der Waals surface area contributed by atoms with Gasteiger partial charge in [-0.2, -0.15) is 0 Å². The van der Waals surface area contributed by atoms with E-state index < -0.39 is 5.82 Å². The number of carbonyl (C=O) groups excluding carboxylic acids is 3. The number of ketones is 1. The number of fused-ring (bicyclic) bond motifs is 1. The van der Waals surface area contributed by atoms with Gasteiger partial charge < -0.3 is 0 Å². The molecule has 1 heterocycles. The highest BCUT2D eigenvalue weighted by molar-refractivity contribution is 6.10. The number of amides is 2. The largest absolute Gasteiger partial charge is 0.292 e. The molecule has 2 fully saturated rings. The van der Waals surface area contributed by atoms with Gasteiger partial charge in [0.2, 0.25) is 11.8 Å². The highest BCUT2D eigenvalue weighted by atomic mass is 19.1. The van der Waals surface area contributed by atoms with Crippen molar-refractivity contribution < 1.29 is 18.8 Å². The normalized spacial score (nSPS) is 28.1. The third-order valence-electron chi connectivity index (χ3n) is 4.43. The van der Waals surface area contributed by atoms with Gasteiger partial charge in [-0.15, -0.1) is 0 Å². The summed E-state index contributed by atoms with van der Waals surface area (Å²) in [6.45, 7) is 1.79. The highest BCUT2D eigenvalue weighted by Gasteiger charge is 2.51. The van der Waals surface area contributed by atoms with Crippen molar-refractivity contribution in [2.24, 2.45) is 17.8 Å². The first-order valence-electron chi connectivity index (χ1n) is 7.11. The zero-order valence-electron chi connectivity index (χ0n) is 11.7. The van der Waals surface area contributed by atoms with Crippen molar-refractivity contribution >= 4 is 17.6 Å². The van der Waals surface area contributed by atoms with Crippen LogP contribution in [0.1, 0.15) is 30.1 Å². The molecule has 1 aromatic rings. The number of imide groups is 1. The van der Waals surface area contributed by atoms with Gasteiger partial charge in [0.05, 0.1) is 18.4 Å². The number of likely N-dealkylation sites (tertiary alicyclic amines) is 1. The molecule has 1 saturated heterocycles. The molecule has 0 bridgehead atoms. The lowest BCUT2D eigenvalue weighted by Crippen LogP contribution is -2.36. The molecule has 0 aromatic heterocycles. The lowest BCUT2D eigenvalue weighted by atomic mass is 10.00. The van der Waals surface area contributed by atoms with Crippen LogP contribution in [0, 0.1) is 23.6 Å². The maximum atomic E-state index is 12.8. The zero-order valence-corrected chi connectivity index (χ0v) is 11.7. The fourth-order valence-corrected chi connectivity index (χ4v) is 3.37. The van der Waals surface area contributed by atoms with Crippen LogP contribution >= 0.6 is 0 Å². The lowest BCUT2D eigenvalue weighted by Gasteiger charge is -2.16. The fraction of sp³-hybridized carbons (Fsp3) is 0.438. The Kier molecular flexibility index (Phi) is 3.35. The summed E-state index contributed by atoms with van der Waals surface area (Å²) in [6, 6.07) is 5.12. The molecular weight excluding hydrogens is 273 g/mol. The van der Waals surface area contributed by atoms with Crippen molar-refractivity contribution in [2.75, 3.05) is 6.54 Å². The molecule has 3 rings (SSSR count). The van der Waals surface area contributed by atoms with Crippen LogP contribution in [0.5, 0.6) is 0 Å². The van der Waals surface area contributed by atoms with E-state index in [9.17, 15) is 18.8 Å². The first kappa shape index (κ1) is 13.9. The molecular formula is C16H16FNO3. The molecule has 0 N–H and O–H groups in total. The van der Waals surface area contributed by atoms with E-state index in [1.165, 1.54) is 24.3 Å². The van der Waals surface area contributed by atoms with Gasteiger partial charge in [0.1, 0.15) is 5.82 Å². The molecule has 1 aromatic carbocycles. The van der Waals surface area contributed by atoms with Crippen molar-refractivity contribution in [1.82, 2.24) is 4.90 Å². The summed E-state index contributed by atoms with van der Waals surface area (Å²) in [7, 11) is 0. The van der Waals surface area contributed by atoms with Gasteiger partial charge in [-0.25, -0.2) is 4.39 Å². The van der Waals surface area contributed by atoms with Crippen LogP contribution in [-0.4, -0.2) is 29.0 Å². The molecule has 2 amide bonds. The number of carbonyl (C=O) groups is 3. The quantitative estimate of drug-likeness (QED) is 0.632. The molecule has 1 saturated carbocycles. The summed E-state index contributed by atoms with van der Waals surface area (Å²) < 4.78 is 12.8. The minimum absolute atomic E-state index is 0.232. The smallest absolute Gasteiger partial charge is 0.233 e. The monoisotopic (exact) mass is 289 g/mol. The van der Waals surface area contributed by atoms with Crippen LogP contribution in [-0.2, 0) is 9.59 Å². The topological polar surface area (TPSA) is 54.5 Å². The molecule has 21 heavy (non-hydrogen) atoms. The first-order valence-corrected chi connectivity index (χ1v) is 7.11. The van der Waals surface area contributed by atoms with E-state index >= 15 is 0 Å². The number of hydrogen-bond acceptors (Lipinski definition) is 3. The maximum absolute atomic E-state index is 12.8. The summed E-state index contributed by atoms with van der Waals surface area (Å²) in [4.78, 5) is 37.7. The summed E-state index contributed by atoms with van der Waals surface area (Å²) in [5.41, 5.74) is 0.308. The molecule has 5 heteroatoms. The van der Waals surface area contributed by atoms with E-state index in [0.29, 0.717) is 11.5 Å². The molecule has 1 aliphatic carbocycles. The summed E-state index contributed by atoms with van der Waals surface area (Å²) in [6.07, 6.45) is 1.44. The molecule has 0 radical (unpaired) electrons. The third kappa shape index (κ3) is 2.37. The van der Waals surface area contributed by atoms with Crippen LogP contribution in [0.4, 0.5) is 4.39 Å². The maximum Gasteiger partial charge on any atom is 0.233 e. The van der Waals surface area contributed by atoms with E-state index in [4.69, 9.17) is 0 Å². The van der Waals surface area contributed by atoms with E-state index in [0.717, 1.165) is 17.7 Å². The van der Waals surface area contributed by atoms with E-state index in [1.807, 2.05) is 6.92 Å². The Bertz CT molecular complexity index is 586. The lowest BCUT2D eigenvalue weighted by molar-refractivity contribution is -0.139. The number of nitrogens with zero attached hydrogens (tertiary/aromatic N) is 1. The van der Waals surface area contributed by atoms with Gasteiger partial charge in [-0.05, 0) is 43.0 Å². The number of benzene rings is 1. The second-order valence-electron chi connectivity index (χ2n) is 5.98. The Hall–Kier alpha value is -2.04. The number of halogens is 1. The molecule has 1 aliphatic heterocycles. The molecule has 0 spiro atoms. The number of hydrogen-bond donors (Lipinski definition) is 0. The summed E-state index contributed by atoms with van der Waals surface area (Å²) >= 11 is 0. The number of Topliss-reactive ketones (excluding diaryl/α,β-unsaturated/α-hetero) is 1. The average molecular weight is 289 g/mol.